The van der Waals surface area contributed by atoms with Crippen molar-refractivity contribution in [2.75, 3.05) is 23.8 Å². The third-order valence-corrected chi connectivity index (χ3v) is 15.8. The van der Waals surface area contributed by atoms with Gasteiger partial charge < -0.3 is 31.4 Å². The number of nitrogens with zero attached hydrogens (tertiary/aromatic N) is 3. The second-order valence-electron chi connectivity index (χ2n) is 21.8. The molecule has 3 rings (SSSR count). The van der Waals surface area contributed by atoms with Gasteiger partial charge in [-0.05, 0) is 139 Å². The molecule has 12 nitrogen and oxygen atoms in total. The minimum Gasteiger partial charge on any atom is -0.375 e. The molecule has 1 heterocycles. The lowest BCUT2D eigenvalue weighted by atomic mass is 9.82. The zero-order valence-corrected chi connectivity index (χ0v) is 46.2. The summed E-state index contributed by atoms with van der Waals surface area (Å²) in [6.07, 6.45) is 8.63. The van der Waals surface area contributed by atoms with Crippen LogP contribution in [-0.4, -0.2) is 81.9 Å². The summed E-state index contributed by atoms with van der Waals surface area (Å²) in [5.74, 6) is 7.29. The van der Waals surface area contributed by atoms with Crippen molar-refractivity contribution in [3.05, 3.63) is 76.9 Å². The van der Waals surface area contributed by atoms with Gasteiger partial charge in [-0.25, -0.2) is 0 Å². The molecule has 14 heteroatoms. The van der Waals surface area contributed by atoms with Gasteiger partial charge in [-0.2, -0.15) is 5.10 Å². The predicted molar refractivity (Wildman–Crippen MR) is 292 cm³/mol. The number of amides is 4. The minimum absolute atomic E-state index is 0.0165. The molecule has 1 aliphatic rings. The lowest BCUT2D eigenvalue weighted by Crippen LogP contribution is -2.45. The zero-order chi connectivity index (χ0) is 51.6. The maximum absolute atomic E-state index is 14.2. The number of carbonyl (C=O) groups is 4. The lowest BCUT2D eigenvalue weighted by Gasteiger charge is -2.31. The molecule has 0 saturated heterocycles. The molecule has 5 N–H and O–H groups in total. The van der Waals surface area contributed by atoms with Crippen LogP contribution in [0.5, 0.6) is 0 Å². The summed E-state index contributed by atoms with van der Waals surface area (Å²) in [4.78, 5) is 59.5. The molecule has 0 spiro atoms. The van der Waals surface area contributed by atoms with Gasteiger partial charge >= 0.3 is 0 Å². The molecule has 0 radical (unpaired) electrons. The first kappa shape index (κ1) is 59.2. The summed E-state index contributed by atoms with van der Waals surface area (Å²) in [6.45, 7) is 30.1. The molecular formula is C55H87N7O5S2. The smallest absolute Gasteiger partial charge is 0.227 e. The SMILES string of the molecule is CCC(/C=C(\C)CCN=C1/C(=N\N)c2ccccc2N(C(=O)CCC(=O)NC(C)(C)CCOC(C)(C)CCSSC(C)(C)CCC(=O)NC(C)C)Cc2ccccc21)CCC(C)(C)C(=O)NC(C)C. The van der Waals surface area contributed by atoms with Crippen LogP contribution in [-0.2, 0) is 30.5 Å². The van der Waals surface area contributed by atoms with Gasteiger partial charge in [0.15, 0.2) is 0 Å². The van der Waals surface area contributed by atoms with Crippen LogP contribution in [0.25, 0.3) is 0 Å². The van der Waals surface area contributed by atoms with E-state index in [0.717, 1.165) is 55.4 Å². The molecule has 0 aliphatic carbocycles. The van der Waals surface area contributed by atoms with Crippen LogP contribution < -0.4 is 26.7 Å². The van der Waals surface area contributed by atoms with Gasteiger partial charge in [0.2, 0.25) is 23.6 Å². The highest BCUT2D eigenvalue weighted by Gasteiger charge is 2.31. The Kier molecular flexibility index (Phi) is 23.5. The van der Waals surface area contributed by atoms with E-state index in [2.05, 4.69) is 68.7 Å². The second-order valence-corrected chi connectivity index (χ2v) is 24.9. The van der Waals surface area contributed by atoms with E-state index in [9.17, 15) is 19.2 Å². The van der Waals surface area contributed by atoms with E-state index in [1.807, 2.05) is 126 Å². The van der Waals surface area contributed by atoms with Crippen LogP contribution >= 0.6 is 21.6 Å². The van der Waals surface area contributed by atoms with E-state index < -0.39 is 11.0 Å². The predicted octanol–water partition coefficient (Wildman–Crippen LogP) is 11.1. The topological polar surface area (TPSA) is 168 Å². The van der Waals surface area contributed by atoms with Crippen molar-refractivity contribution >= 4 is 62.3 Å². The number of allylic oxidation sites excluding steroid dienone is 1. The van der Waals surface area contributed by atoms with Crippen molar-refractivity contribution in [2.24, 2.45) is 27.3 Å². The van der Waals surface area contributed by atoms with Gasteiger partial charge in [-0.1, -0.05) is 96.5 Å². The van der Waals surface area contributed by atoms with E-state index in [0.29, 0.717) is 54.6 Å². The highest BCUT2D eigenvalue weighted by molar-refractivity contribution is 8.77. The Morgan fingerprint density at radius 1 is 0.797 bits per heavy atom. The number of rotatable bonds is 27. The monoisotopic (exact) mass is 990 g/mol. The van der Waals surface area contributed by atoms with E-state index >= 15 is 0 Å². The molecule has 0 bridgehead atoms. The number of nitrogens with two attached hydrogens (primary N) is 1. The molecule has 2 aromatic carbocycles. The Morgan fingerprint density at radius 2 is 1.45 bits per heavy atom. The number of hydrogen-bond acceptors (Lipinski definition) is 10. The summed E-state index contributed by atoms with van der Waals surface area (Å²) in [6, 6.07) is 15.8. The number of anilines is 1. The van der Waals surface area contributed by atoms with Crippen molar-refractivity contribution in [3.8, 4) is 0 Å². The molecule has 1 unspecified atom stereocenters. The maximum Gasteiger partial charge on any atom is 0.227 e. The first-order valence-corrected chi connectivity index (χ1v) is 27.4. The summed E-state index contributed by atoms with van der Waals surface area (Å²) in [5, 5.41) is 13.5. The number of carbonyl (C=O) groups excluding carboxylic acids is 4. The third kappa shape index (κ3) is 20.6. The molecule has 69 heavy (non-hydrogen) atoms. The Morgan fingerprint density at radius 3 is 2.10 bits per heavy atom. The van der Waals surface area contributed by atoms with Gasteiger partial charge in [0.25, 0.3) is 0 Å². The van der Waals surface area contributed by atoms with Crippen LogP contribution in [0.2, 0.25) is 0 Å². The average Bonchev–Trinajstić information content (AvgIpc) is 3.25. The van der Waals surface area contributed by atoms with Crippen molar-refractivity contribution in [3.63, 3.8) is 0 Å². The summed E-state index contributed by atoms with van der Waals surface area (Å²) in [7, 11) is 3.63. The molecule has 1 atom stereocenters. The normalized spacial score (nSPS) is 15.4. The quantitative estimate of drug-likeness (QED) is 0.0226. The lowest BCUT2D eigenvalue weighted by molar-refractivity contribution is -0.130. The molecular weight excluding hydrogens is 903 g/mol. The first-order chi connectivity index (χ1) is 32.3. The average molecular weight is 990 g/mol. The van der Waals surface area contributed by atoms with Crippen LogP contribution in [0, 0.1) is 11.3 Å². The highest BCUT2D eigenvalue weighted by Crippen LogP contribution is 2.40. The Labute approximate surface area is 423 Å². The van der Waals surface area contributed by atoms with E-state index in [4.69, 9.17) is 15.6 Å². The molecule has 2 aromatic rings. The van der Waals surface area contributed by atoms with Gasteiger partial charge in [-0.15, -0.1) is 0 Å². The fraction of sp³-hybridized carbons (Fsp3) is 0.636. The van der Waals surface area contributed by atoms with Gasteiger partial charge in [0, 0.05) is 77.1 Å². The van der Waals surface area contributed by atoms with Gasteiger partial charge in [0.1, 0.15) is 5.71 Å². The summed E-state index contributed by atoms with van der Waals surface area (Å²) in [5.41, 5.74) is 4.20. The third-order valence-electron chi connectivity index (χ3n) is 12.4. The van der Waals surface area contributed by atoms with Gasteiger partial charge in [-0.3, -0.25) is 24.2 Å². The maximum atomic E-state index is 14.2. The number of para-hydroxylation sites is 1. The van der Waals surface area contributed by atoms with Crippen LogP contribution in [0.4, 0.5) is 5.69 Å². The minimum atomic E-state index is -0.545. The zero-order valence-electron chi connectivity index (χ0n) is 44.6. The molecule has 0 saturated carbocycles. The Balaban J connectivity index is 1.62. The molecule has 1 aliphatic heterocycles. The highest BCUT2D eigenvalue weighted by atomic mass is 33.1. The van der Waals surface area contributed by atoms with E-state index in [-0.39, 0.29) is 65.4 Å². The molecule has 0 fully saturated rings. The number of ether oxygens (including phenoxy) is 1. The van der Waals surface area contributed by atoms with Gasteiger partial charge in [0.05, 0.1) is 23.5 Å². The van der Waals surface area contributed by atoms with E-state index in [1.165, 1.54) is 5.57 Å². The standard InChI is InChI=1S/C55H87N7O5S2/c1-15-41(26-29-52(7,8)51(66)59-39(4)5)36-40(6)28-33-57-49-43-21-17-16-20-42(43)37-62(45-23-19-18-22-44(45)50(49)61-56)48(65)25-24-47(64)60-53(9,10)31-34-67-54(11,12)32-35-68-69-55(13,14)30-27-46(63)58-38(2)3/h16-23,36,38-39,41H,15,24-35,37,56H2,1-14H3,(H,58,63)(H,59,66)(H,60,64)/b40-36+,57-49?,61-50-. The number of hydrazone groups is 1. The number of hydrogen-bond donors (Lipinski definition) is 4. The van der Waals surface area contributed by atoms with Crippen molar-refractivity contribution in [1.29, 1.82) is 0 Å². The number of fused-ring (bicyclic) bond motifs is 2. The van der Waals surface area contributed by atoms with Crippen LogP contribution in [0.3, 0.4) is 0 Å². The summed E-state index contributed by atoms with van der Waals surface area (Å²) >= 11 is 0. The Bertz CT molecular complexity index is 2110. The molecule has 384 valence electrons. The Hall–Kier alpha value is -4.14. The van der Waals surface area contributed by atoms with E-state index in [1.54, 1.807) is 4.90 Å². The summed E-state index contributed by atoms with van der Waals surface area (Å²) < 4.78 is 6.32. The largest absolute Gasteiger partial charge is 0.375 e. The first-order valence-electron chi connectivity index (χ1n) is 25.1. The van der Waals surface area contributed by atoms with Crippen LogP contribution in [0.15, 0.2) is 70.3 Å². The fourth-order valence-electron chi connectivity index (χ4n) is 8.03. The number of nitrogens with one attached hydrogen (secondary N) is 3. The van der Waals surface area contributed by atoms with Crippen LogP contribution in [0.1, 0.15) is 178 Å². The second kappa shape index (κ2) is 27.5. The van der Waals surface area contributed by atoms with Crippen molar-refractivity contribution in [2.45, 2.75) is 196 Å². The number of aliphatic imine (C=N–C) groups is 1. The fourth-order valence-corrected chi connectivity index (χ4v) is 10.9. The van der Waals surface area contributed by atoms with Crippen molar-refractivity contribution in [1.82, 2.24) is 16.0 Å². The van der Waals surface area contributed by atoms with Crippen molar-refractivity contribution < 1.29 is 23.9 Å². The molecule has 4 amide bonds. The number of benzene rings is 2. The molecule has 0 aromatic heterocycles.